The molecule has 0 bridgehead atoms. The third-order valence-corrected chi connectivity index (χ3v) is 4.12. The molecule has 2 rings (SSSR count). The largest absolute Gasteiger partial charge is 0.497 e. The van der Waals surface area contributed by atoms with Crippen LogP contribution in [0.15, 0.2) is 18.2 Å². The highest BCUT2D eigenvalue weighted by Gasteiger charge is 2.30. The Bertz CT molecular complexity index is 591. The molecule has 1 aromatic carbocycles. The third-order valence-electron chi connectivity index (χ3n) is 4.12. The van der Waals surface area contributed by atoms with Crippen LogP contribution in [0.5, 0.6) is 11.5 Å². The number of likely N-dealkylation sites (tertiary alicyclic amines) is 1. The Kier molecular flexibility index (Phi) is 5.31. The number of nitrogens with zero attached hydrogens (tertiary/aromatic N) is 1. The Labute approximate surface area is 135 Å². The summed E-state index contributed by atoms with van der Waals surface area (Å²) in [6.45, 7) is 2.78. The highest BCUT2D eigenvalue weighted by Crippen LogP contribution is 2.29. The maximum Gasteiger partial charge on any atom is 0.317 e. The van der Waals surface area contributed by atoms with Gasteiger partial charge >= 0.3 is 6.03 Å². The van der Waals surface area contributed by atoms with Gasteiger partial charge in [0, 0.05) is 24.7 Å². The molecule has 2 atom stereocenters. The fraction of sp³-hybridized carbons (Fsp3) is 0.500. The number of nitrogens with two attached hydrogens (primary N) is 1. The van der Waals surface area contributed by atoms with Crippen molar-refractivity contribution in [1.82, 2.24) is 10.2 Å². The number of urea groups is 1. The van der Waals surface area contributed by atoms with Crippen LogP contribution < -0.4 is 20.5 Å². The molecule has 0 unspecified atom stereocenters. The monoisotopic (exact) mass is 321 g/mol. The van der Waals surface area contributed by atoms with Crippen molar-refractivity contribution in [2.24, 2.45) is 11.7 Å². The Morgan fingerprint density at radius 1 is 1.35 bits per heavy atom. The molecule has 1 aliphatic heterocycles. The lowest BCUT2D eigenvalue weighted by Crippen LogP contribution is -2.40. The fourth-order valence-electron chi connectivity index (χ4n) is 2.71. The maximum atomic E-state index is 12.3. The topological polar surface area (TPSA) is 93.9 Å². The Morgan fingerprint density at radius 2 is 2.09 bits per heavy atom. The van der Waals surface area contributed by atoms with Gasteiger partial charge in [0.05, 0.1) is 26.2 Å². The summed E-state index contributed by atoms with van der Waals surface area (Å²) in [5.41, 5.74) is 6.15. The summed E-state index contributed by atoms with van der Waals surface area (Å²) < 4.78 is 10.5. The summed E-state index contributed by atoms with van der Waals surface area (Å²) in [7, 11) is 3.16. The minimum atomic E-state index is -0.356. The van der Waals surface area contributed by atoms with Gasteiger partial charge in [-0.25, -0.2) is 4.79 Å². The number of nitrogens with one attached hydrogen (secondary N) is 1. The van der Waals surface area contributed by atoms with Crippen LogP contribution in [0.1, 0.15) is 24.9 Å². The van der Waals surface area contributed by atoms with Crippen molar-refractivity contribution in [2.75, 3.05) is 27.3 Å². The number of hydrogen-bond donors (Lipinski definition) is 2. The number of hydrogen-bond acceptors (Lipinski definition) is 4. The number of amides is 3. The lowest BCUT2D eigenvalue weighted by molar-refractivity contribution is -0.121. The number of methoxy groups -OCH3 is 2. The molecular weight excluding hydrogens is 298 g/mol. The van der Waals surface area contributed by atoms with Gasteiger partial charge in [-0.1, -0.05) is 0 Å². The number of ether oxygens (including phenoxy) is 2. The number of benzene rings is 1. The van der Waals surface area contributed by atoms with Crippen LogP contribution in [0.2, 0.25) is 0 Å². The van der Waals surface area contributed by atoms with Gasteiger partial charge in [-0.3, -0.25) is 4.79 Å². The lowest BCUT2D eigenvalue weighted by atomic mass is 10.1. The Hall–Kier alpha value is -2.44. The van der Waals surface area contributed by atoms with Gasteiger partial charge in [0.25, 0.3) is 0 Å². The zero-order chi connectivity index (χ0) is 17.0. The van der Waals surface area contributed by atoms with Crippen LogP contribution in [-0.4, -0.2) is 44.1 Å². The van der Waals surface area contributed by atoms with E-state index in [1.54, 1.807) is 25.2 Å². The van der Waals surface area contributed by atoms with E-state index in [2.05, 4.69) is 5.32 Å². The zero-order valence-corrected chi connectivity index (χ0v) is 13.7. The quantitative estimate of drug-likeness (QED) is 0.854. The SMILES string of the molecule is COc1ccc([C@@H](C)NC(=O)N2CC[C@@H](C(N)=O)C2)c(OC)c1. The van der Waals surface area contributed by atoms with E-state index in [1.807, 2.05) is 19.1 Å². The van der Waals surface area contributed by atoms with E-state index in [4.69, 9.17) is 15.2 Å². The summed E-state index contributed by atoms with van der Waals surface area (Å²) >= 11 is 0. The molecule has 0 saturated carbocycles. The first kappa shape index (κ1) is 16.9. The number of carbonyl (C=O) groups is 2. The molecule has 126 valence electrons. The second-order valence-corrected chi connectivity index (χ2v) is 5.61. The standard InChI is InChI=1S/C16H23N3O4/c1-10(13-5-4-12(22-2)8-14(13)23-3)18-16(21)19-7-6-11(9-19)15(17)20/h4-5,8,10-11H,6-7,9H2,1-3H3,(H2,17,20)(H,18,21)/t10-,11-/m1/s1. The van der Waals surface area contributed by atoms with E-state index in [9.17, 15) is 9.59 Å². The molecular formula is C16H23N3O4. The van der Waals surface area contributed by atoms with Gasteiger partial charge in [-0.15, -0.1) is 0 Å². The molecule has 0 aromatic heterocycles. The van der Waals surface area contributed by atoms with Gasteiger partial charge in [-0.05, 0) is 25.5 Å². The molecule has 1 aromatic rings. The van der Waals surface area contributed by atoms with Crippen molar-refractivity contribution < 1.29 is 19.1 Å². The van der Waals surface area contributed by atoms with E-state index >= 15 is 0 Å². The highest BCUT2D eigenvalue weighted by atomic mass is 16.5. The van der Waals surface area contributed by atoms with Crippen LogP contribution in [0.25, 0.3) is 0 Å². The molecule has 7 heteroatoms. The predicted molar refractivity (Wildman–Crippen MR) is 85.4 cm³/mol. The van der Waals surface area contributed by atoms with Crippen molar-refractivity contribution >= 4 is 11.9 Å². The predicted octanol–water partition coefficient (Wildman–Crippen LogP) is 1.28. The van der Waals surface area contributed by atoms with Crippen LogP contribution in [-0.2, 0) is 4.79 Å². The van der Waals surface area contributed by atoms with Gasteiger partial charge in [0.15, 0.2) is 0 Å². The highest BCUT2D eigenvalue weighted by molar-refractivity contribution is 5.80. The maximum absolute atomic E-state index is 12.3. The average Bonchev–Trinajstić information content (AvgIpc) is 3.04. The summed E-state index contributed by atoms with van der Waals surface area (Å²) in [4.78, 5) is 25.1. The first-order valence-corrected chi connectivity index (χ1v) is 7.53. The van der Waals surface area contributed by atoms with Gasteiger partial charge < -0.3 is 25.4 Å². The number of carbonyl (C=O) groups excluding carboxylic acids is 2. The van der Waals surface area contributed by atoms with Crippen molar-refractivity contribution in [1.29, 1.82) is 0 Å². The van der Waals surface area contributed by atoms with E-state index in [-0.39, 0.29) is 23.9 Å². The van der Waals surface area contributed by atoms with Crippen molar-refractivity contribution in [3.63, 3.8) is 0 Å². The fourth-order valence-corrected chi connectivity index (χ4v) is 2.71. The number of rotatable bonds is 5. The molecule has 1 aliphatic rings. The summed E-state index contributed by atoms with van der Waals surface area (Å²) in [5, 5.41) is 2.92. The summed E-state index contributed by atoms with van der Waals surface area (Å²) in [5.74, 6) is 0.721. The van der Waals surface area contributed by atoms with Crippen LogP contribution in [0.4, 0.5) is 4.79 Å². The van der Waals surface area contributed by atoms with Crippen molar-refractivity contribution in [2.45, 2.75) is 19.4 Å². The van der Waals surface area contributed by atoms with Crippen LogP contribution in [0.3, 0.4) is 0 Å². The Balaban J connectivity index is 2.03. The molecule has 1 fully saturated rings. The van der Waals surface area contributed by atoms with Gasteiger partial charge in [-0.2, -0.15) is 0 Å². The second kappa shape index (κ2) is 7.21. The van der Waals surface area contributed by atoms with Crippen molar-refractivity contribution in [3.05, 3.63) is 23.8 Å². The average molecular weight is 321 g/mol. The smallest absolute Gasteiger partial charge is 0.317 e. The molecule has 0 radical (unpaired) electrons. The molecule has 3 N–H and O–H groups in total. The molecule has 1 heterocycles. The molecule has 7 nitrogen and oxygen atoms in total. The Morgan fingerprint density at radius 3 is 2.65 bits per heavy atom. The molecule has 0 aliphatic carbocycles. The summed E-state index contributed by atoms with van der Waals surface area (Å²) in [6.07, 6.45) is 0.614. The van der Waals surface area contributed by atoms with Crippen LogP contribution >= 0.6 is 0 Å². The van der Waals surface area contributed by atoms with Gasteiger partial charge in [0.2, 0.25) is 5.91 Å². The van der Waals surface area contributed by atoms with Gasteiger partial charge in [0.1, 0.15) is 11.5 Å². The minimum Gasteiger partial charge on any atom is -0.497 e. The van der Waals surface area contributed by atoms with Crippen LogP contribution in [0, 0.1) is 5.92 Å². The first-order chi connectivity index (χ1) is 11.0. The third kappa shape index (κ3) is 3.85. The lowest BCUT2D eigenvalue weighted by Gasteiger charge is -2.22. The van der Waals surface area contributed by atoms with E-state index in [0.29, 0.717) is 31.0 Å². The van der Waals surface area contributed by atoms with E-state index < -0.39 is 0 Å². The molecule has 23 heavy (non-hydrogen) atoms. The minimum absolute atomic E-state index is 0.209. The van der Waals surface area contributed by atoms with Crippen molar-refractivity contribution in [3.8, 4) is 11.5 Å². The summed E-state index contributed by atoms with van der Waals surface area (Å²) in [6, 6.07) is 5.00. The second-order valence-electron chi connectivity index (χ2n) is 5.61. The first-order valence-electron chi connectivity index (χ1n) is 7.53. The normalized spacial score (nSPS) is 18.4. The van der Waals surface area contributed by atoms with E-state index in [0.717, 1.165) is 5.56 Å². The molecule has 1 saturated heterocycles. The molecule has 0 spiro atoms. The van der Waals surface area contributed by atoms with E-state index in [1.165, 1.54) is 0 Å². The zero-order valence-electron chi connectivity index (χ0n) is 13.7. The molecule has 3 amide bonds. The number of primary amides is 1.